The topological polar surface area (TPSA) is 130 Å². The zero-order chi connectivity index (χ0) is 24.3. The van der Waals surface area contributed by atoms with Crippen molar-refractivity contribution in [2.75, 3.05) is 59.5 Å². The Morgan fingerprint density at radius 1 is 0.824 bits per heavy atom. The first-order valence-electron chi connectivity index (χ1n) is 11.1. The van der Waals surface area contributed by atoms with Gasteiger partial charge < -0.3 is 23.7 Å². The van der Waals surface area contributed by atoms with E-state index in [2.05, 4.69) is 12.2 Å². The van der Waals surface area contributed by atoms with E-state index < -0.39 is 29.7 Å². The highest BCUT2D eigenvalue weighted by Crippen LogP contribution is 2.30. The van der Waals surface area contributed by atoms with Gasteiger partial charge in [0.15, 0.2) is 0 Å². The van der Waals surface area contributed by atoms with Crippen LogP contribution < -0.4 is 10.1 Å². The lowest BCUT2D eigenvalue weighted by molar-refractivity contribution is -0.136. The fraction of sp³-hybridized carbons (Fsp3) is 0.522. The van der Waals surface area contributed by atoms with Crippen molar-refractivity contribution in [1.29, 1.82) is 0 Å². The minimum Gasteiger partial charge on any atom is -0.491 e. The average molecular weight is 477 g/mol. The first-order chi connectivity index (χ1) is 16.5. The summed E-state index contributed by atoms with van der Waals surface area (Å²) in [6.07, 6.45) is 0.183. The minimum atomic E-state index is -0.996. The highest BCUT2D eigenvalue weighted by Gasteiger charge is 2.44. The highest BCUT2D eigenvalue weighted by atomic mass is 16.6. The molecule has 1 N–H and O–H groups in total. The Balaban J connectivity index is 1.34. The van der Waals surface area contributed by atoms with E-state index in [1.165, 1.54) is 12.1 Å². The number of piperidine rings is 1. The van der Waals surface area contributed by atoms with Crippen molar-refractivity contribution in [2.24, 2.45) is 0 Å². The lowest BCUT2D eigenvalue weighted by atomic mass is 10.0. The van der Waals surface area contributed by atoms with Crippen molar-refractivity contribution in [2.45, 2.75) is 18.9 Å². The molecule has 11 nitrogen and oxygen atoms in total. The lowest BCUT2D eigenvalue weighted by Crippen LogP contribution is -2.54. The second-order valence-corrected chi connectivity index (χ2v) is 7.45. The summed E-state index contributed by atoms with van der Waals surface area (Å²) in [5.74, 6) is -1.78. The lowest BCUT2D eigenvalue weighted by Gasteiger charge is -2.27. The third kappa shape index (κ3) is 6.83. The van der Waals surface area contributed by atoms with Crippen LogP contribution in [0.3, 0.4) is 0 Å². The number of hydrogen-bond donors (Lipinski definition) is 1. The van der Waals surface area contributed by atoms with Gasteiger partial charge in [0.1, 0.15) is 18.4 Å². The number of carbonyl (C=O) groups is 4. The number of amides is 4. The molecule has 1 saturated heterocycles. The van der Waals surface area contributed by atoms with Crippen LogP contribution in [-0.4, -0.2) is 94.0 Å². The van der Waals surface area contributed by atoms with E-state index in [1.807, 2.05) is 0 Å². The van der Waals surface area contributed by atoms with Crippen LogP contribution in [0.15, 0.2) is 18.2 Å². The monoisotopic (exact) mass is 477 g/mol. The van der Waals surface area contributed by atoms with Gasteiger partial charge in [-0.3, -0.25) is 29.4 Å². The van der Waals surface area contributed by atoms with E-state index in [0.717, 1.165) is 4.90 Å². The molecule has 0 saturated carbocycles. The molecule has 1 aromatic carbocycles. The number of benzene rings is 1. The van der Waals surface area contributed by atoms with Crippen LogP contribution in [0.25, 0.3) is 0 Å². The van der Waals surface area contributed by atoms with Crippen LogP contribution in [0.4, 0.5) is 0 Å². The van der Waals surface area contributed by atoms with Gasteiger partial charge in [0.25, 0.3) is 11.8 Å². The van der Waals surface area contributed by atoms with Gasteiger partial charge in [0.05, 0.1) is 57.4 Å². The number of carbonyl (C=O) groups excluding carboxylic acids is 4. The first kappa shape index (κ1) is 25.8. The molecule has 1 fully saturated rings. The van der Waals surface area contributed by atoms with Gasteiger partial charge in [0, 0.05) is 13.0 Å². The van der Waals surface area contributed by atoms with E-state index >= 15 is 0 Å². The van der Waals surface area contributed by atoms with Crippen LogP contribution in [0.5, 0.6) is 5.75 Å². The van der Waals surface area contributed by atoms with Crippen molar-refractivity contribution in [3.63, 3.8) is 0 Å². The zero-order valence-corrected chi connectivity index (χ0v) is 18.9. The molecule has 1 atom stereocenters. The standard InChI is InChI=1S/C23H29N2O9/c1-2-30-7-8-31-9-10-32-11-12-33-13-14-34-16-3-4-17-18(15-16)23(29)25(22(17)28)19-5-6-20(26)24-21(19)27/h3-4,15,19H,1-2,5-14H2,(H,24,26,27). The molecule has 185 valence electrons. The van der Waals surface area contributed by atoms with Gasteiger partial charge in [-0.25, -0.2) is 0 Å². The van der Waals surface area contributed by atoms with Crippen LogP contribution >= 0.6 is 0 Å². The van der Waals surface area contributed by atoms with Crippen LogP contribution in [0.1, 0.15) is 33.6 Å². The van der Waals surface area contributed by atoms with Crippen LogP contribution in [0.2, 0.25) is 0 Å². The SMILES string of the molecule is [CH2]COCCOCCOCCOCCOc1ccc2c(c1)C(=O)N(C1CCC(=O)NC1=O)C2=O. The van der Waals surface area contributed by atoms with E-state index in [0.29, 0.717) is 58.6 Å². The maximum atomic E-state index is 12.8. The summed E-state index contributed by atoms with van der Waals surface area (Å²) in [6, 6.07) is 3.57. The summed E-state index contributed by atoms with van der Waals surface area (Å²) in [5.41, 5.74) is 0.371. The molecule has 1 unspecified atom stereocenters. The molecule has 2 aliphatic heterocycles. The third-order valence-corrected chi connectivity index (χ3v) is 5.17. The third-order valence-electron chi connectivity index (χ3n) is 5.17. The summed E-state index contributed by atoms with van der Waals surface area (Å²) < 4.78 is 26.8. The number of ether oxygens (including phenoxy) is 5. The molecular weight excluding hydrogens is 448 g/mol. The van der Waals surface area contributed by atoms with Gasteiger partial charge in [-0.05, 0) is 31.5 Å². The maximum Gasteiger partial charge on any atom is 0.262 e. The number of fused-ring (bicyclic) bond motifs is 1. The van der Waals surface area contributed by atoms with Gasteiger partial charge in [-0.1, -0.05) is 0 Å². The Hall–Kier alpha value is -2.86. The van der Waals surface area contributed by atoms with E-state index in [9.17, 15) is 19.2 Å². The van der Waals surface area contributed by atoms with Crippen molar-refractivity contribution in [1.82, 2.24) is 10.2 Å². The predicted molar refractivity (Wildman–Crippen MR) is 117 cm³/mol. The molecule has 3 rings (SSSR count). The summed E-state index contributed by atoms with van der Waals surface area (Å²) >= 11 is 0. The second-order valence-electron chi connectivity index (χ2n) is 7.45. The van der Waals surface area contributed by atoms with Crippen molar-refractivity contribution in [3.05, 3.63) is 36.2 Å². The summed E-state index contributed by atoms with van der Waals surface area (Å²) in [4.78, 5) is 49.9. The molecule has 0 spiro atoms. The van der Waals surface area contributed by atoms with Crippen LogP contribution in [-0.2, 0) is 28.5 Å². The van der Waals surface area contributed by atoms with Crippen molar-refractivity contribution in [3.8, 4) is 5.75 Å². The van der Waals surface area contributed by atoms with Crippen LogP contribution in [0, 0.1) is 6.92 Å². The molecule has 1 aromatic rings. The summed E-state index contributed by atoms with van der Waals surface area (Å²) in [7, 11) is 0. The normalized spacial score (nSPS) is 17.8. The molecule has 2 heterocycles. The zero-order valence-electron chi connectivity index (χ0n) is 18.9. The molecule has 11 heteroatoms. The maximum absolute atomic E-state index is 12.8. The second kappa shape index (κ2) is 13.1. The molecule has 0 aromatic heterocycles. The fourth-order valence-electron chi connectivity index (χ4n) is 3.52. The Labute approximate surface area is 197 Å². The fourth-order valence-corrected chi connectivity index (χ4v) is 3.52. The molecule has 2 aliphatic rings. The summed E-state index contributed by atoms with van der Waals surface area (Å²) in [5, 5.41) is 2.17. The number of nitrogens with zero attached hydrogens (tertiary/aromatic N) is 1. The molecule has 34 heavy (non-hydrogen) atoms. The predicted octanol–water partition coefficient (Wildman–Crippen LogP) is 0.367. The van der Waals surface area contributed by atoms with Gasteiger partial charge >= 0.3 is 0 Å². The van der Waals surface area contributed by atoms with E-state index in [-0.39, 0.29) is 30.6 Å². The van der Waals surface area contributed by atoms with Gasteiger partial charge in [-0.2, -0.15) is 0 Å². The summed E-state index contributed by atoms with van der Waals surface area (Å²) in [6.45, 7) is 7.31. The first-order valence-corrected chi connectivity index (χ1v) is 11.1. The quantitative estimate of drug-likeness (QED) is 0.281. The Morgan fingerprint density at radius 2 is 1.41 bits per heavy atom. The van der Waals surface area contributed by atoms with E-state index in [4.69, 9.17) is 23.7 Å². The number of rotatable bonds is 15. The molecule has 0 aliphatic carbocycles. The Kier molecular flexibility index (Phi) is 9.95. The highest BCUT2D eigenvalue weighted by molar-refractivity contribution is 6.23. The van der Waals surface area contributed by atoms with E-state index in [1.54, 1.807) is 6.07 Å². The van der Waals surface area contributed by atoms with Gasteiger partial charge in [0.2, 0.25) is 11.8 Å². The average Bonchev–Trinajstić information content (AvgIpc) is 3.06. The van der Waals surface area contributed by atoms with Crippen molar-refractivity contribution >= 4 is 23.6 Å². The molecule has 1 radical (unpaired) electrons. The molecule has 0 bridgehead atoms. The smallest absolute Gasteiger partial charge is 0.262 e. The number of imide groups is 2. The Morgan fingerprint density at radius 3 is 2.03 bits per heavy atom. The number of nitrogens with one attached hydrogen (secondary N) is 1. The minimum absolute atomic E-state index is 0.0730. The largest absolute Gasteiger partial charge is 0.491 e. The van der Waals surface area contributed by atoms with Gasteiger partial charge in [-0.15, -0.1) is 0 Å². The molecular formula is C23H29N2O9. The number of hydrogen-bond acceptors (Lipinski definition) is 9. The Bertz CT molecular complexity index is 889. The van der Waals surface area contributed by atoms with Crippen molar-refractivity contribution < 1.29 is 42.9 Å². The molecule has 4 amide bonds.